The first-order chi connectivity index (χ1) is 18.7. The lowest BCUT2D eigenvalue weighted by Gasteiger charge is -2.17. The van der Waals surface area contributed by atoms with E-state index in [9.17, 15) is 14.4 Å². The third-order valence-corrected chi connectivity index (χ3v) is 5.81. The fraction of sp³-hybridized carbons (Fsp3) is 0.219. The summed E-state index contributed by atoms with van der Waals surface area (Å²) in [6, 6.07) is 17.9. The van der Waals surface area contributed by atoms with E-state index in [-0.39, 0.29) is 24.6 Å². The van der Waals surface area contributed by atoms with Crippen molar-refractivity contribution in [3.05, 3.63) is 90.5 Å². The summed E-state index contributed by atoms with van der Waals surface area (Å²) in [7, 11) is 1.47. The smallest absolute Gasteiger partial charge is 0.341 e. The summed E-state index contributed by atoms with van der Waals surface area (Å²) >= 11 is 0. The molecule has 0 fully saturated rings. The molecule has 0 bridgehead atoms. The van der Waals surface area contributed by atoms with Crippen molar-refractivity contribution < 1.29 is 33.3 Å². The third-order valence-electron chi connectivity index (χ3n) is 5.81. The number of hydrogen-bond donors (Lipinski definition) is 0. The molecule has 0 aromatic heterocycles. The fourth-order valence-corrected chi connectivity index (χ4v) is 3.70. The molecule has 3 aromatic carbocycles. The van der Waals surface area contributed by atoms with Crippen molar-refractivity contribution in [2.75, 3.05) is 13.7 Å². The quantitative estimate of drug-likeness (QED) is 0.160. The largest absolute Gasteiger partial charge is 0.427 e. The Morgan fingerprint density at radius 1 is 0.744 bits per heavy atom. The number of carbonyl (C=O) groups is 3. The van der Waals surface area contributed by atoms with Crippen LogP contribution < -0.4 is 14.2 Å². The molecule has 0 aliphatic carbocycles. The highest BCUT2D eigenvalue weighted by Crippen LogP contribution is 2.39. The first kappa shape index (κ1) is 29.1. The van der Waals surface area contributed by atoms with E-state index in [0.29, 0.717) is 34.8 Å². The Morgan fingerprint density at radius 3 is 1.82 bits per heavy atom. The molecule has 0 N–H and O–H groups in total. The van der Waals surface area contributed by atoms with Crippen molar-refractivity contribution >= 4 is 17.9 Å². The van der Waals surface area contributed by atoms with Crippen LogP contribution in [0.15, 0.2) is 85.0 Å². The fourth-order valence-electron chi connectivity index (χ4n) is 3.70. The molecule has 0 saturated carbocycles. The lowest BCUT2D eigenvalue weighted by Crippen LogP contribution is -2.14. The van der Waals surface area contributed by atoms with Crippen LogP contribution in [0.5, 0.6) is 17.2 Å². The molecule has 0 unspecified atom stereocenters. The molecule has 0 radical (unpaired) electrons. The van der Waals surface area contributed by atoms with Crippen LogP contribution in [0.4, 0.5) is 0 Å². The highest BCUT2D eigenvalue weighted by molar-refractivity contribution is 5.92. The van der Waals surface area contributed by atoms with Gasteiger partial charge < -0.3 is 18.9 Å². The Morgan fingerprint density at radius 2 is 1.31 bits per heavy atom. The zero-order valence-corrected chi connectivity index (χ0v) is 22.7. The number of methoxy groups -OCH3 is 1. The van der Waals surface area contributed by atoms with Crippen LogP contribution >= 0.6 is 0 Å². The van der Waals surface area contributed by atoms with Gasteiger partial charge >= 0.3 is 17.9 Å². The molecule has 0 aliphatic rings. The molecule has 0 spiro atoms. The van der Waals surface area contributed by atoms with Gasteiger partial charge in [0.2, 0.25) is 0 Å². The molecule has 0 aliphatic heterocycles. The summed E-state index contributed by atoms with van der Waals surface area (Å²) < 4.78 is 21.4. The van der Waals surface area contributed by atoms with Gasteiger partial charge in [0.05, 0.1) is 12.2 Å². The second-order valence-electron chi connectivity index (χ2n) is 8.83. The van der Waals surface area contributed by atoms with Gasteiger partial charge in [0.15, 0.2) is 0 Å². The normalized spacial score (nSPS) is 10.5. The van der Waals surface area contributed by atoms with Gasteiger partial charge in [-0.05, 0) is 72.0 Å². The first-order valence-electron chi connectivity index (χ1n) is 12.5. The van der Waals surface area contributed by atoms with Crippen LogP contribution in [-0.2, 0) is 25.5 Å². The Balaban J connectivity index is 2.06. The van der Waals surface area contributed by atoms with E-state index >= 15 is 0 Å². The zero-order chi connectivity index (χ0) is 28.5. The molecule has 202 valence electrons. The summed E-state index contributed by atoms with van der Waals surface area (Å²) in [5, 5.41) is 0. The predicted octanol–water partition coefficient (Wildman–Crippen LogP) is 6.49. The number of esters is 3. The maximum absolute atomic E-state index is 12.8. The van der Waals surface area contributed by atoms with Gasteiger partial charge in [-0.25, -0.2) is 9.59 Å². The maximum Gasteiger partial charge on any atom is 0.341 e. The van der Waals surface area contributed by atoms with Gasteiger partial charge in [-0.1, -0.05) is 51.3 Å². The Hall–Kier alpha value is -4.49. The SMILES string of the molecule is C=C(C)C(=O)Oc1ccc(-c2cc(OC(=O)C(=C)COC)c(-c3ccc(OC(=O)CC)cc3)cc2CC)cc1. The lowest BCUT2D eigenvalue weighted by molar-refractivity contribution is -0.134. The van der Waals surface area contributed by atoms with Gasteiger partial charge in [-0.2, -0.15) is 0 Å². The number of rotatable bonds is 11. The molecule has 0 heterocycles. The van der Waals surface area contributed by atoms with Crippen LogP contribution in [0, 0.1) is 0 Å². The van der Waals surface area contributed by atoms with E-state index in [4.69, 9.17) is 18.9 Å². The van der Waals surface area contributed by atoms with Crippen LogP contribution in [0.1, 0.15) is 32.8 Å². The molecule has 0 atom stereocenters. The monoisotopic (exact) mass is 528 g/mol. The Kier molecular flexibility index (Phi) is 9.95. The average molecular weight is 529 g/mol. The molecule has 0 amide bonds. The standard InChI is InChI=1S/C32H32O7/c1-7-22-17-28(24-11-13-25(14-12-24)37-30(33)8-2)29(39-32(35)21(5)19-36-6)18-27(22)23-9-15-26(16-10-23)38-31(34)20(3)4/h9-18H,3,5,7-8,19H2,1-2,4,6H3. The highest BCUT2D eigenvalue weighted by atomic mass is 16.5. The third kappa shape index (κ3) is 7.52. The molecule has 3 rings (SSSR count). The van der Waals surface area contributed by atoms with Gasteiger partial charge in [0.1, 0.15) is 17.2 Å². The predicted molar refractivity (Wildman–Crippen MR) is 150 cm³/mol. The van der Waals surface area contributed by atoms with Crippen molar-refractivity contribution in [3.8, 4) is 39.5 Å². The van der Waals surface area contributed by atoms with Crippen molar-refractivity contribution in [3.63, 3.8) is 0 Å². The molecular formula is C32H32O7. The summed E-state index contributed by atoms with van der Waals surface area (Å²) in [4.78, 5) is 36.3. The molecule has 7 nitrogen and oxygen atoms in total. The minimum Gasteiger partial charge on any atom is -0.427 e. The first-order valence-corrected chi connectivity index (χ1v) is 12.5. The molecule has 0 saturated heterocycles. The lowest BCUT2D eigenvalue weighted by atomic mass is 9.92. The van der Waals surface area contributed by atoms with Crippen LogP contribution in [0.2, 0.25) is 0 Å². The summed E-state index contributed by atoms with van der Waals surface area (Å²) in [5.41, 5.74) is 4.66. The zero-order valence-electron chi connectivity index (χ0n) is 22.7. The molecule has 3 aromatic rings. The number of benzene rings is 3. The van der Waals surface area contributed by atoms with Gasteiger partial charge in [-0.15, -0.1) is 0 Å². The summed E-state index contributed by atoms with van der Waals surface area (Å²) in [5.74, 6) is -0.274. The van der Waals surface area contributed by atoms with Crippen molar-refractivity contribution in [1.82, 2.24) is 0 Å². The van der Waals surface area contributed by atoms with E-state index in [0.717, 1.165) is 22.3 Å². The molecule has 7 heteroatoms. The van der Waals surface area contributed by atoms with E-state index in [2.05, 4.69) is 13.2 Å². The number of carbonyl (C=O) groups excluding carboxylic acids is 3. The summed E-state index contributed by atoms with van der Waals surface area (Å²) in [6.07, 6.45) is 0.970. The maximum atomic E-state index is 12.8. The van der Waals surface area contributed by atoms with Gasteiger partial charge in [0, 0.05) is 24.7 Å². The number of ether oxygens (including phenoxy) is 4. The van der Waals surface area contributed by atoms with Crippen LogP contribution in [0.25, 0.3) is 22.3 Å². The summed E-state index contributed by atoms with van der Waals surface area (Å²) in [6.45, 7) is 12.7. The Labute approximate surface area is 228 Å². The van der Waals surface area contributed by atoms with E-state index in [1.165, 1.54) is 7.11 Å². The molecular weight excluding hydrogens is 496 g/mol. The van der Waals surface area contributed by atoms with Crippen molar-refractivity contribution in [2.24, 2.45) is 0 Å². The average Bonchev–Trinajstić information content (AvgIpc) is 2.93. The molecule has 39 heavy (non-hydrogen) atoms. The minimum atomic E-state index is -0.608. The van der Waals surface area contributed by atoms with Gasteiger partial charge in [0.25, 0.3) is 0 Å². The Bertz CT molecular complexity index is 1380. The highest BCUT2D eigenvalue weighted by Gasteiger charge is 2.18. The minimum absolute atomic E-state index is 0.0376. The van der Waals surface area contributed by atoms with Gasteiger partial charge in [-0.3, -0.25) is 4.79 Å². The van der Waals surface area contributed by atoms with Crippen LogP contribution in [-0.4, -0.2) is 31.6 Å². The number of hydrogen-bond acceptors (Lipinski definition) is 7. The second kappa shape index (κ2) is 13.3. The van der Waals surface area contributed by atoms with E-state index in [1.54, 1.807) is 50.2 Å². The van der Waals surface area contributed by atoms with Crippen molar-refractivity contribution in [1.29, 1.82) is 0 Å². The second-order valence-corrected chi connectivity index (χ2v) is 8.83. The van der Waals surface area contributed by atoms with E-state index < -0.39 is 11.9 Å². The van der Waals surface area contributed by atoms with Crippen molar-refractivity contribution in [2.45, 2.75) is 33.6 Å². The topological polar surface area (TPSA) is 88.1 Å². The van der Waals surface area contributed by atoms with E-state index in [1.807, 2.05) is 31.2 Å². The number of aryl methyl sites for hydroxylation is 1. The van der Waals surface area contributed by atoms with Crippen LogP contribution in [0.3, 0.4) is 0 Å².